The summed E-state index contributed by atoms with van der Waals surface area (Å²) in [5.74, 6) is -0.0625. The number of aliphatic hydroxyl groups excluding tert-OH is 1. The summed E-state index contributed by atoms with van der Waals surface area (Å²) in [6.07, 6.45) is 6.42. The first-order valence-corrected chi connectivity index (χ1v) is 15.5. The number of ketones is 1. The zero-order valence-electron chi connectivity index (χ0n) is 27.1. The van der Waals surface area contributed by atoms with E-state index in [4.69, 9.17) is 14.5 Å². The van der Waals surface area contributed by atoms with Gasteiger partial charge in [0.15, 0.2) is 5.78 Å². The van der Waals surface area contributed by atoms with Gasteiger partial charge >= 0.3 is 0 Å². The molecule has 0 atom stereocenters. The van der Waals surface area contributed by atoms with Crippen LogP contribution in [-0.4, -0.2) is 15.9 Å². The molecular formula is C40H40IrNO3-. The zero-order chi connectivity index (χ0) is 31.4. The number of carbonyl (C=O) groups is 1. The fraction of sp³-hybridized carbons (Fsp3) is 0.300. The van der Waals surface area contributed by atoms with E-state index in [1.807, 2.05) is 6.20 Å². The smallest absolute Gasteiger partial charge is 0.155 e. The van der Waals surface area contributed by atoms with Crippen molar-refractivity contribution in [1.82, 2.24) is 4.98 Å². The topological polar surface area (TPSA) is 63.3 Å². The minimum Gasteiger partial charge on any atom is -0.512 e. The van der Waals surface area contributed by atoms with Gasteiger partial charge < -0.3 is 14.5 Å². The van der Waals surface area contributed by atoms with Gasteiger partial charge in [-0.25, -0.2) is 0 Å². The van der Waals surface area contributed by atoms with E-state index in [0.29, 0.717) is 0 Å². The third-order valence-electron chi connectivity index (χ3n) is 9.27. The van der Waals surface area contributed by atoms with E-state index in [9.17, 15) is 4.79 Å². The molecule has 0 aliphatic heterocycles. The monoisotopic (exact) mass is 775 g/mol. The van der Waals surface area contributed by atoms with Crippen LogP contribution in [0.15, 0.2) is 83.1 Å². The van der Waals surface area contributed by atoms with Gasteiger partial charge in [-0.3, -0.25) is 4.79 Å². The molecule has 1 aliphatic rings. The summed E-state index contributed by atoms with van der Waals surface area (Å²) in [6, 6.07) is 25.6. The Bertz CT molecular complexity index is 2110. The van der Waals surface area contributed by atoms with Crippen molar-refractivity contribution in [2.75, 3.05) is 0 Å². The molecule has 0 saturated carbocycles. The van der Waals surface area contributed by atoms with E-state index >= 15 is 0 Å². The number of rotatable bonds is 3. The molecular weight excluding hydrogens is 735 g/mol. The number of aryl methyl sites for hydroxylation is 1. The molecule has 2 aromatic heterocycles. The third-order valence-corrected chi connectivity index (χ3v) is 9.27. The molecule has 4 aromatic carbocycles. The van der Waals surface area contributed by atoms with E-state index in [0.717, 1.165) is 51.4 Å². The third kappa shape index (κ3) is 5.85. The van der Waals surface area contributed by atoms with Gasteiger partial charge in [0, 0.05) is 48.7 Å². The molecule has 0 saturated heterocycles. The Morgan fingerprint density at radius 3 is 2.31 bits per heavy atom. The van der Waals surface area contributed by atoms with Crippen molar-refractivity contribution in [1.29, 1.82) is 0 Å². The molecule has 7 rings (SSSR count). The number of carbonyl (C=O) groups excluding carboxylic acids is 1. The second kappa shape index (κ2) is 12.2. The molecule has 0 spiro atoms. The Labute approximate surface area is 278 Å². The van der Waals surface area contributed by atoms with Crippen LogP contribution >= 0.6 is 0 Å². The zero-order valence-corrected chi connectivity index (χ0v) is 29.5. The van der Waals surface area contributed by atoms with Gasteiger partial charge in [-0.05, 0) is 77.7 Å². The molecule has 233 valence electrons. The van der Waals surface area contributed by atoms with Gasteiger partial charge in [0.1, 0.15) is 11.2 Å². The average Bonchev–Trinajstić information content (AvgIpc) is 3.34. The van der Waals surface area contributed by atoms with Crippen LogP contribution in [0.25, 0.3) is 54.7 Å². The summed E-state index contributed by atoms with van der Waals surface area (Å²) in [5, 5.41) is 15.5. The number of aliphatic hydroxyl groups is 1. The maximum atomic E-state index is 10.0. The quantitative estimate of drug-likeness (QED) is 0.110. The summed E-state index contributed by atoms with van der Waals surface area (Å²) in [7, 11) is 0. The van der Waals surface area contributed by atoms with Crippen molar-refractivity contribution in [2.45, 2.75) is 78.6 Å². The molecule has 0 fully saturated rings. The molecule has 0 amide bonds. The van der Waals surface area contributed by atoms with Crippen molar-refractivity contribution in [3.8, 4) is 11.3 Å². The van der Waals surface area contributed by atoms with Crippen LogP contribution in [0.5, 0.6) is 0 Å². The van der Waals surface area contributed by atoms with Crippen molar-refractivity contribution in [2.24, 2.45) is 0 Å². The van der Waals surface area contributed by atoms with Crippen molar-refractivity contribution < 1.29 is 34.4 Å². The van der Waals surface area contributed by atoms with Gasteiger partial charge in [-0.15, -0.1) is 23.3 Å². The Hall–Kier alpha value is -3.79. The standard InChI is InChI=1S/C35H32NO.C5H8O2.Ir/c1-6-21-11-12-25(24-10-8-7-9-23(21)24)32-27-20-28-26-13-14-29-31(35(4,5)17-16-34(29,2)3)33(26)37-30(28)19-22(27)15-18-36-32;1-4(6)3-5(2)7;/h7-11,13-15,18-20H,6,16-17H2,1-5H3;3,6H,1-2H3;/q-1;;/b;4-3-;. The van der Waals surface area contributed by atoms with E-state index in [-0.39, 0.29) is 42.5 Å². The molecule has 2 heterocycles. The first kappa shape index (κ1) is 32.6. The summed E-state index contributed by atoms with van der Waals surface area (Å²) >= 11 is 0. The minimum atomic E-state index is -0.125. The van der Waals surface area contributed by atoms with Crippen molar-refractivity contribution in [3.05, 3.63) is 101 Å². The van der Waals surface area contributed by atoms with Crippen LogP contribution in [0.3, 0.4) is 0 Å². The molecule has 45 heavy (non-hydrogen) atoms. The number of furan rings is 1. The average molecular weight is 775 g/mol. The maximum Gasteiger partial charge on any atom is 0.155 e. The van der Waals surface area contributed by atoms with Crippen molar-refractivity contribution in [3.63, 3.8) is 0 Å². The number of hydrogen-bond acceptors (Lipinski definition) is 4. The Balaban J connectivity index is 0.000000452. The number of pyridine rings is 1. The van der Waals surface area contributed by atoms with Crippen LogP contribution in [0.2, 0.25) is 0 Å². The molecule has 1 aliphatic carbocycles. The number of benzene rings is 4. The second-order valence-electron chi connectivity index (χ2n) is 13.4. The second-order valence-corrected chi connectivity index (χ2v) is 13.4. The molecule has 4 nitrogen and oxygen atoms in total. The van der Waals surface area contributed by atoms with Crippen LogP contribution in [0.4, 0.5) is 0 Å². The van der Waals surface area contributed by atoms with Crippen LogP contribution in [-0.2, 0) is 42.2 Å². The van der Waals surface area contributed by atoms with Gasteiger partial charge in [0.2, 0.25) is 0 Å². The predicted octanol–water partition coefficient (Wildman–Crippen LogP) is 10.7. The normalized spacial score (nSPS) is 15.4. The summed E-state index contributed by atoms with van der Waals surface area (Å²) in [6.45, 7) is 14.5. The van der Waals surface area contributed by atoms with Crippen LogP contribution in [0.1, 0.15) is 78.0 Å². The van der Waals surface area contributed by atoms with E-state index in [1.54, 1.807) is 0 Å². The van der Waals surface area contributed by atoms with E-state index in [1.165, 1.54) is 59.2 Å². The Morgan fingerprint density at radius 2 is 1.64 bits per heavy atom. The fourth-order valence-corrected chi connectivity index (χ4v) is 6.90. The molecule has 0 bridgehead atoms. The number of allylic oxidation sites excluding steroid dienone is 2. The van der Waals surface area contributed by atoms with Crippen LogP contribution in [0, 0.1) is 6.07 Å². The molecule has 1 N–H and O–H groups in total. The van der Waals surface area contributed by atoms with Gasteiger partial charge in [0.05, 0.1) is 5.76 Å². The molecule has 1 radical (unpaired) electrons. The molecule has 5 heteroatoms. The van der Waals surface area contributed by atoms with Gasteiger partial charge in [0.25, 0.3) is 0 Å². The summed E-state index contributed by atoms with van der Waals surface area (Å²) in [5.41, 5.74) is 8.41. The molecule has 0 unspecified atom stereocenters. The van der Waals surface area contributed by atoms with Gasteiger partial charge in [-0.2, -0.15) is 0 Å². The largest absolute Gasteiger partial charge is 0.512 e. The first-order valence-electron chi connectivity index (χ1n) is 15.5. The maximum absolute atomic E-state index is 10.0. The Morgan fingerprint density at radius 1 is 0.933 bits per heavy atom. The number of nitrogens with zero attached hydrogens (tertiary/aromatic N) is 1. The number of aromatic nitrogens is 1. The predicted molar refractivity (Wildman–Crippen MR) is 183 cm³/mol. The molecule has 6 aromatic rings. The SMILES string of the molecule is CC(=O)/C=C(/C)O.CCc1c[c-]c(-c2nccc3cc4oc5c6c(ccc5c4cc23)C(C)(C)CCC6(C)C)c2ccccc12.[Ir]. The number of fused-ring (bicyclic) bond motifs is 7. The van der Waals surface area contributed by atoms with E-state index < -0.39 is 0 Å². The fourth-order valence-electron chi connectivity index (χ4n) is 6.90. The van der Waals surface area contributed by atoms with E-state index in [2.05, 4.69) is 101 Å². The van der Waals surface area contributed by atoms with Crippen LogP contribution < -0.4 is 0 Å². The van der Waals surface area contributed by atoms with Gasteiger partial charge in [-0.1, -0.05) is 88.2 Å². The summed E-state index contributed by atoms with van der Waals surface area (Å²) in [4.78, 5) is 14.9. The number of hydrogen-bond donors (Lipinski definition) is 1. The summed E-state index contributed by atoms with van der Waals surface area (Å²) < 4.78 is 6.71. The minimum absolute atomic E-state index is 0. The van der Waals surface area contributed by atoms with Crippen molar-refractivity contribution >= 4 is 49.3 Å². The first-order chi connectivity index (χ1) is 20.9. The Kier molecular flexibility index (Phi) is 8.83.